The van der Waals surface area contributed by atoms with Crippen molar-refractivity contribution in [3.8, 4) is 17.9 Å². The van der Waals surface area contributed by atoms with Crippen LogP contribution in [-0.4, -0.2) is 12.5 Å². The Morgan fingerprint density at radius 2 is 2.04 bits per heavy atom. The number of carbonyl (C=O) groups excluding carboxylic acids is 1. The molecule has 5 nitrogen and oxygen atoms in total. The topological polar surface area (TPSA) is 85.9 Å². The maximum Gasteiger partial charge on any atom is 0.266 e. The lowest BCUT2D eigenvalue weighted by molar-refractivity contribution is -0.112. The molecule has 7 heteroatoms. The summed E-state index contributed by atoms with van der Waals surface area (Å²) in [6, 6.07) is 14.5. The first-order chi connectivity index (χ1) is 13.5. The monoisotopic (exact) mass is 499 g/mol. The summed E-state index contributed by atoms with van der Waals surface area (Å²) < 4.78 is 6.91. The van der Waals surface area contributed by atoms with Crippen LogP contribution in [0, 0.1) is 22.7 Å². The fourth-order valence-corrected chi connectivity index (χ4v) is 3.44. The van der Waals surface area contributed by atoms with Gasteiger partial charge in [-0.25, -0.2) is 0 Å². The number of hydrogen-bond acceptors (Lipinski definition) is 4. The first-order valence-corrected chi connectivity index (χ1v) is 9.69. The van der Waals surface area contributed by atoms with Crippen molar-refractivity contribution in [1.82, 2.24) is 0 Å². The zero-order valence-corrected chi connectivity index (χ0v) is 17.9. The molecule has 0 saturated carbocycles. The van der Waals surface area contributed by atoms with Gasteiger partial charge >= 0.3 is 0 Å². The molecule has 0 aliphatic heterocycles. The van der Waals surface area contributed by atoms with Crippen molar-refractivity contribution >= 4 is 49.5 Å². The molecule has 0 aliphatic rings. The second kappa shape index (κ2) is 10.5. The van der Waals surface area contributed by atoms with E-state index in [1.807, 2.05) is 18.2 Å². The number of hydrogen-bond donors (Lipinski definition) is 1. The van der Waals surface area contributed by atoms with Crippen LogP contribution in [0.5, 0.6) is 5.75 Å². The third-order valence-corrected chi connectivity index (χ3v) is 4.63. The number of anilines is 1. The summed E-state index contributed by atoms with van der Waals surface area (Å²) in [6.07, 6.45) is 3.71. The third-order valence-electron chi connectivity index (χ3n) is 3.55. The molecular formula is C21H15Br2N3O2. The quantitative estimate of drug-likeness (QED) is 0.313. The highest BCUT2D eigenvalue weighted by molar-refractivity contribution is 9.10. The molecule has 140 valence electrons. The molecule has 0 heterocycles. The Morgan fingerprint density at radius 1 is 1.25 bits per heavy atom. The molecule has 2 aromatic rings. The summed E-state index contributed by atoms with van der Waals surface area (Å²) >= 11 is 6.76. The van der Waals surface area contributed by atoms with Crippen LogP contribution in [0.25, 0.3) is 6.08 Å². The minimum atomic E-state index is -0.508. The molecule has 28 heavy (non-hydrogen) atoms. The number of ether oxygens (including phenoxy) is 1. The molecule has 2 rings (SSSR count). The Morgan fingerprint density at radius 3 is 2.68 bits per heavy atom. The maximum absolute atomic E-state index is 12.5. The Kier molecular flexibility index (Phi) is 8.01. The van der Waals surface area contributed by atoms with Crippen LogP contribution in [0.3, 0.4) is 0 Å². The Bertz CT molecular complexity index is 1020. The van der Waals surface area contributed by atoms with E-state index in [0.717, 1.165) is 10.0 Å². The number of nitrogens with zero attached hydrogens (tertiary/aromatic N) is 2. The predicted molar refractivity (Wildman–Crippen MR) is 116 cm³/mol. The van der Waals surface area contributed by atoms with Crippen LogP contribution >= 0.6 is 31.9 Å². The van der Waals surface area contributed by atoms with Gasteiger partial charge in [0.05, 0.1) is 4.47 Å². The van der Waals surface area contributed by atoms with Crippen molar-refractivity contribution in [3.63, 3.8) is 0 Å². The van der Waals surface area contributed by atoms with Crippen LogP contribution in [0.1, 0.15) is 11.1 Å². The van der Waals surface area contributed by atoms with Crippen LogP contribution in [0.2, 0.25) is 0 Å². The van der Waals surface area contributed by atoms with Gasteiger partial charge in [-0.2, -0.15) is 10.5 Å². The molecule has 0 unspecified atom stereocenters. The van der Waals surface area contributed by atoms with Crippen molar-refractivity contribution < 1.29 is 9.53 Å². The second-order valence-corrected chi connectivity index (χ2v) is 7.33. The molecule has 0 fully saturated rings. The molecule has 1 N–H and O–H groups in total. The van der Waals surface area contributed by atoms with E-state index in [9.17, 15) is 10.1 Å². The zero-order valence-electron chi connectivity index (χ0n) is 14.7. The van der Waals surface area contributed by atoms with E-state index >= 15 is 0 Å². The first kappa shape index (κ1) is 21.4. The summed E-state index contributed by atoms with van der Waals surface area (Å²) in [6.45, 7) is 3.64. The highest BCUT2D eigenvalue weighted by Crippen LogP contribution is 2.32. The average molecular weight is 501 g/mol. The molecular weight excluding hydrogens is 486 g/mol. The minimum Gasteiger partial charge on any atom is -0.477 e. The van der Waals surface area contributed by atoms with Crippen LogP contribution < -0.4 is 10.1 Å². The van der Waals surface area contributed by atoms with Gasteiger partial charge in [0, 0.05) is 10.2 Å². The van der Waals surface area contributed by atoms with E-state index in [1.165, 1.54) is 6.08 Å². The second-order valence-electron chi connectivity index (χ2n) is 5.56. The van der Waals surface area contributed by atoms with E-state index in [1.54, 1.807) is 36.4 Å². The number of rotatable bonds is 7. The SMILES string of the molecule is C=CCc1cc(/C=C(/C#N)C(=O)Nc2cccc(Br)c2)cc(Br)c1OCC#N. The van der Waals surface area contributed by atoms with Gasteiger partial charge in [0.25, 0.3) is 5.91 Å². The van der Waals surface area contributed by atoms with Gasteiger partial charge in [0.15, 0.2) is 6.61 Å². The minimum absolute atomic E-state index is 0.0397. The van der Waals surface area contributed by atoms with Crippen molar-refractivity contribution in [1.29, 1.82) is 10.5 Å². The molecule has 0 radical (unpaired) electrons. The molecule has 0 atom stereocenters. The molecule has 2 aromatic carbocycles. The number of nitrogens with one attached hydrogen (secondary N) is 1. The van der Waals surface area contributed by atoms with E-state index in [2.05, 4.69) is 43.8 Å². The van der Waals surface area contributed by atoms with E-state index < -0.39 is 5.91 Å². The van der Waals surface area contributed by atoms with Crippen molar-refractivity contribution in [2.75, 3.05) is 11.9 Å². The fraction of sp³-hybridized carbons (Fsp3) is 0.0952. The van der Waals surface area contributed by atoms with E-state index in [4.69, 9.17) is 10.00 Å². The molecule has 0 aliphatic carbocycles. The van der Waals surface area contributed by atoms with Gasteiger partial charge < -0.3 is 10.1 Å². The molecule has 0 aromatic heterocycles. The molecule has 0 saturated heterocycles. The zero-order chi connectivity index (χ0) is 20.5. The number of nitriles is 2. The third kappa shape index (κ3) is 5.82. The van der Waals surface area contributed by atoms with Crippen molar-refractivity contribution in [2.24, 2.45) is 0 Å². The largest absolute Gasteiger partial charge is 0.477 e. The Hall–Kier alpha value is -2.87. The molecule has 0 bridgehead atoms. The number of halogens is 2. The molecule has 0 spiro atoms. The maximum atomic E-state index is 12.5. The van der Waals surface area contributed by atoms with Gasteiger partial charge in [-0.15, -0.1) is 6.58 Å². The summed E-state index contributed by atoms with van der Waals surface area (Å²) in [5.41, 5.74) is 1.97. The summed E-state index contributed by atoms with van der Waals surface area (Å²) in [7, 11) is 0. The van der Waals surface area contributed by atoms with Crippen molar-refractivity contribution in [3.05, 3.63) is 74.7 Å². The average Bonchev–Trinajstić information content (AvgIpc) is 2.65. The normalized spacial score (nSPS) is 10.5. The lowest BCUT2D eigenvalue weighted by Crippen LogP contribution is -2.13. The lowest BCUT2D eigenvalue weighted by atomic mass is 10.0. The number of allylic oxidation sites excluding steroid dienone is 1. The Balaban J connectivity index is 2.35. The van der Waals surface area contributed by atoms with Gasteiger partial charge in [0.1, 0.15) is 23.5 Å². The summed E-state index contributed by atoms with van der Waals surface area (Å²) in [5.74, 6) is 0.0301. The van der Waals surface area contributed by atoms with Gasteiger partial charge in [-0.1, -0.05) is 28.1 Å². The molecule has 1 amide bonds. The van der Waals surface area contributed by atoms with Crippen LogP contribution in [-0.2, 0) is 11.2 Å². The van der Waals surface area contributed by atoms with Crippen LogP contribution in [0.15, 0.2) is 63.6 Å². The summed E-state index contributed by atoms with van der Waals surface area (Å²) in [4.78, 5) is 12.5. The first-order valence-electron chi connectivity index (χ1n) is 8.10. The van der Waals surface area contributed by atoms with Crippen molar-refractivity contribution in [2.45, 2.75) is 6.42 Å². The lowest BCUT2D eigenvalue weighted by Gasteiger charge is -2.12. The predicted octanol–water partition coefficient (Wildman–Crippen LogP) is 5.39. The van der Waals surface area contributed by atoms with E-state index in [0.29, 0.717) is 27.9 Å². The number of carbonyl (C=O) groups is 1. The van der Waals surface area contributed by atoms with Gasteiger partial charge in [-0.3, -0.25) is 4.79 Å². The number of benzene rings is 2. The van der Waals surface area contributed by atoms with Gasteiger partial charge in [-0.05, 0) is 69.9 Å². The standard InChI is InChI=1S/C21H15Br2N3O2/c1-2-4-15-9-14(11-19(23)20(15)28-8-7-24)10-16(13-25)21(27)26-18-6-3-5-17(22)12-18/h2-3,5-6,9-12H,1,4,8H2,(H,26,27)/b16-10-. The number of amides is 1. The fourth-order valence-electron chi connectivity index (χ4n) is 2.41. The van der Waals surface area contributed by atoms with Gasteiger partial charge in [0.2, 0.25) is 0 Å². The van der Waals surface area contributed by atoms with E-state index in [-0.39, 0.29) is 12.2 Å². The highest BCUT2D eigenvalue weighted by atomic mass is 79.9. The Labute approximate surface area is 180 Å². The highest BCUT2D eigenvalue weighted by Gasteiger charge is 2.13. The smallest absolute Gasteiger partial charge is 0.266 e. The van der Waals surface area contributed by atoms with Crippen LogP contribution in [0.4, 0.5) is 5.69 Å². The summed E-state index contributed by atoms with van der Waals surface area (Å²) in [5, 5.41) is 20.9.